The molecule has 174 valence electrons. The molecule has 0 unspecified atom stereocenters. The summed E-state index contributed by atoms with van der Waals surface area (Å²) in [7, 11) is -4.89. The maximum Gasteiger partial charge on any atom is 0.297 e. The number of non-ortho nitro benzene ring substituents is 1. The van der Waals surface area contributed by atoms with Gasteiger partial charge in [-0.1, -0.05) is 0 Å². The number of ether oxygens (including phenoxy) is 2. The summed E-state index contributed by atoms with van der Waals surface area (Å²) in [5.74, 6) is -2.47. The highest BCUT2D eigenvalue weighted by Gasteiger charge is 2.48. The van der Waals surface area contributed by atoms with Gasteiger partial charge < -0.3 is 24.8 Å². The minimum absolute atomic E-state index is 0.0660. The third kappa shape index (κ3) is 5.17. The van der Waals surface area contributed by atoms with Gasteiger partial charge in [0.25, 0.3) is 15.8 Å². The molecule has 1 aliphatic rings. The van der Waals surface area contributed by atoms with E-state index in [0.29, 0.717) is 18.2 Å². The molecule has 0 spiro atoms. The predicted octanol–water partition coefficient (Wildman–Crippen LogP) is 0.465. The number of nitro groups is 1. The molecule has 0 radical (unpaired) electrons. The van der Waals surface area contributed by atoms with Crippen molar-refractivity contribution in [1.29, 1.82) is 0 Å². The fourth-order valence-electron chi connectivity index (χ4n) is 2.91. The van der Waals surface area contributed by atoms with Crippen LogP contribution < -0.4 is 4.74 Å². The zero-order valence-electron chi connectivity index (χ0n) is 15.9. The summed E-state index contributed by atoms with van der Waals surface area (Å²) in [5, 5.41) is 40.6. The molecule has 0 aromatic heterocycles. The van der Waals surface area contributed by atoms with Crippen molar-refractivity contribution in [2.24, 2.45) is 0 Å². The average Bonchev–Trinajstić information content (AvgIpc) is 2.73. The number of benzene rings is 2. The lowest BCUT2D eigenvalue weighted by atomic mass is 9.99. The Morgan fingerprint density at radius 3 is 2.19 bits per heavy atom. The van der Waals surface area contributed by atoms with E-state index in [9.17, 15) is 42.6 Å². The second-order valence-corrected chi connectivity index (χ2v) is 8.27. The molecule has 5 atom stereocenters. The molecule has 1 fully saturated rings. The fraction of sp³-hybridized carbons (Fsp3) is 0.333. The molecule has 3 N–H and O–H groups in total. The zero-order valence-corrected chi connectivity index (χ0v) is 16.8. The molecule has 2 aromatic rings. The van der Waals surface area contributed by atoms with Gasteiger partial charge in [-0.3, -0.25) is 14.3 Å². The van der Waals surface area contributed by atoms with Crippen LogP contribution in [0.15, 0.2) is 47.4 Å². The van der Waals surface area contributed by atoms with Crippen LogP contribution in [-0.4, -0.2) is 66.0 Å². The summed E-state index contributed by atoms with van der Waals surface area (Å²) < 4.78 is 67.6. The van der Waals surface area contributed by atoms with Gasteiger partial charge in [-0.25, -0.2) is 8.78 Å². The van der Waals surface area contributed by atoms with E-state index in [1.54, 1.807) is 0 Å². The molecule has 0 amide bonds. The van der Waals surface area contributed by atoms with Gasteiger partial charge in [0, 0.05) is 18.2 Å². The van der Waals surface area contributed by atoms with Crippen LogP contribution in [0.5, 0.6) is 5.75 Å². The van der Waals surface area contributed by atoms with Crippen molar-refractivity contribution in [3.8, 4) is 5.75 Å². The Kier molecular flexibility index (Phi) is 7.02. The minimum atomic E-state index is -4.89. The SMILES string of the molecule is O=[N+]([O-])c1ccc(O[C@H]2O[C@H](CO)[C@@H](O)[C@H](O)[C@H]2OS(=O)(=O)c2cc(F)cc(F)c2)cc1. The lowest BCUT2D eigenvalue weighted by Gasteiger charge is -2.41. The van der Waals surface area contributed by atoms with Crippen LogP contribution in [0, 0.1) is 21.7 Å². The van der Waals surface area contributed by atoms with E-state index in [2.05, 4.69) is 0 Å². The van der Waals surface area contributed by atoms with Crippen LogP contribution in [0.2, 0.25) is 0 Å². The van der Waals surface area contributed by atoms with Gasteiger partial charge in [-0.05, 0) is 24.3 Å². The maximum absolute atomic E-state index is 13.5. The molecule has 2 aromatic carbocycles. The molecule has 1 heterocycles. The van der Waals surface area contributed by atoms with Crippen molar-refractivity contribution in [3.63, 3.8) is 0 Å². The van der Waals surface area contributed by atoms with Crippen LogP contribution in [-0.2, 0) is 19.0 Å². The number of hydrogen-bond donors (Lipinski definition) is 3. The van der Waals surface area contributed by atoms with Crippen LogP contribution in [0.25, 0.3) is 0 Å². The average molecular weight is 477 g/mol. The molecule has 0 bridgehead atoms. The molecule has 1 aliphatic heterocycles. The molecule has 1 saturated heterocycles. The molecular weight excluding hydrogens is 460 g/mol. The van der Waals surface area contributed by atoms with Crippen molar-refractivity contribution in [1.82, 2.24) is 0 Å². The van der Waals surface area contributed by atoms with Gasteiger partial charge in [0.15, 0.2) is 6.10 Å². The quantitative estimate of drug-likeness (QED) is 0.290. The first-order chi connectivity index (χ1) is 15.0. The number of halogens is 2. The van der Waals surface area contributed by atoms with E-state index < -0.39 is 68.9 Å². The number of nitro benzene ring substituents is 1. The van der Waals surface area contributed by atoms with Gasteiger partial charge >= 0.3 is 0 Å². The molecule has 0 saturated carbocycles. The second-order valence-electron chi connectivity index (χ2n) is 6.70. The Morgan fingerprint density at radius 1 is 1.06 bits per heavy atom. The Bertz CT molecular complexity index is 1060. The van der Waals surface area contributed by atoms with E-state index in [-0.39, 0.29) is 11.4 Å². The van der Waals surface area contributed by atoms with Gasteiger partial charge in [0.1, 0.15) is 35.7 Å². The number of hydrogen-bond acceptors (Lipinski definition) is 10. The zero-order chi connectivity index (χ0) is 23.6. The lowest BCUT2D eigenvalue weighted by Crippen LogP contribution is -2.61. The third-order valence-electron chi connectivity index (χ3n) is 4.49. The highest BCUT2D eigenvalue weighted by atomic mass is 32.2. The number of rotatable bonds is 7. The monoisotopic (exact) mass is 477 g/mol. The van der Waals surface area contributed by atoms with Gasteiger partial charge in [0.2, 0.25) is 6.29 Å². The Balaban J connectivity index is 1.90. The van der Waals surface area contributed by atoms with Crippen molar-refractivity contribution < 1.29 is 51.1 Å². The summed E-state index contributed by atoms with van der Waals surface area (Å²) in [4.78, 5) is 9.19. The lowest BCUT2D eigenvalue weighted by molar-refractivity contribution is -0.384. The van der Waals surface area contributed by atoms with E-state index >= 15 is 0 Å². The Morgan fingerprint density at radius 2 is 1.66 bits per heavy atom. The van der Waals surface area contributed by atoms with Crippen molar-refractivity contribution in [2.45, 2.75) is 35.6 Å². The Hall–Kier alpha value is -2.75. The molecule has 11 nitrogen and oxygen atoms in total. The molecule has 14 heteroatoms. The smallest absolute Gasteiger partial charge is 0.297 e. The summed E-state index contributed by atoms with van der Waals surface area (Å²) in [5.41, 5.74) is -0.269. The molecule has 32 heavy (non-hydrogen) atoms. The standard InChI is InChI=1S/C18H17F2NO10S/c19-9-5-10(20)7-13(6-9)32(27,28)31-17-16(24)15(23)14(8-22)30-18(17)29-12-3-1-11(2-4-12)21(25)26/h1-7,14-18,22-24H,8H2/t14-,15-,16+,17-,18+/m1/s1. The van der Waals surface area contributed by atoms with Crippen molar-refractivity contribution in [3.05, 3.63) is 64.2 Å². The maximum atomic E-state index is 13.5. The van der Waals surface area contributed by atoms with E-state index in [1.807, 2.05) is 0 Å². The number of nitrogens with zero attached hydrogens (tertiary/aromatic N) is 1. The first-order valence-electron chi connectivity index (χ1n) is 8.95. The normalized spacial score (nSPS) is 26.0. The summed E-state index contributed by atoms with van der Waals surface area (Å²) >= 11 is 0. The molecule has 3 rings (SSSR count). The van der Waals surface area contributed by atoms with Gasteiger partial charge in [-0.15, -0.1) is 0 Å². The third-order valence-corrected chi connectivity index (χ3v) is 5.78. The highest BCUT2D eigenvalue weighted by molar-refractivity contribution is 7.86. The summed E-state index contributed by atoms with van der Waals surface area (Å²) in [6.07, 6.45) is -8.87. The van der Waals surface area contributed by atoms with Crippen LogP contribution in [0.3, 0.4) is 0 Å². The van der Waals surface area contributed by atoms with Gasteiger partial charge in [0.05, 0.1) is 16.4 Å². The molecular formula is C18H17F2NO10S. The number of aliphatic hydroxyl groups is 3. The fourth-order valence-corrected chi connectivity index (χ4v) is 4.03. The molecule has 0 aliphatic carbocycles. The number of aliphatic hydroxyl groups excluding tert-OH is 3. The Labute approximate surface area is 179 Å². The van der Waals surface area contributed by atoms with Crippen LogP contribution in [0.4, 0.5) is 14.5 Å². The topological polar surface area (TPSA) is 166 Å². The van der Waals surface area contributed by atoms with E-state index in [4.69, 9.17) is 13.7 Å². The largest absolute Gasteiger partial charge is 0.462 e. The van der Waals surface area contributed by atoms with E-state index in [0.717, 1.165) is 24.3 Å². The van der Waals surface area contributed by atoms with Crippen LogP contribution >= 0.6 is 0 Å². The van der Waals surface area contributed by atoms with Gasteiger partial charge in [-0.2, -0.15) is 8.42 Å². The second kappa shape index (κ2) is 9.40. The first kappa shape index (κ1) is 23.9. The van der Waals surface area contributed by atoms with Crippen molar-refractivity contribution >= 4 is 15.8 Å². The first-order valence-corrected chi connectivity index (χ1v) is 10.4. The summed E-state index contributed by atoms with van der Waals surface area (Å²) in [6, 6.07) is 5.86. The summed E-state index contributed by atoms with van der Waals surface area (Å²) in [6.45, 7) is -0.785. The van der Waals surface area contributed by atoms with Crippen LogP contribution in [0.1, 0.15) is 0 Å². The highest BCUT2D eigenvalue weighted by Crippen LogP contribution is 2.30. The van der Waals surface area contributed by atoms with E-state index in [1.165, 1.54) is 0 Å². The minimum Gasteiger partial charge on any atom is -0.462 e. The predicted molar refractivity (Wildman–Crippen MR) is 99.9 cm³/mol. The van der Waals surface area contributed by atoms with Crippen molar-refractivity contribution in [2.75, 3.05) is 6.61 Å².